The highest BCUT2D eigenvalue weighted by atomic mass is 32.1. The quantitative estimate of drug-likeness (QED) is 0.699. The van der Waals surface area contributed by atoms with E-state index in [0.717, 1.165) is 18.6 Å². The van der Waals surface area contributed by atoms with Crippen LogP contribution in [0.1, 0.15) is 41.0 Å². The number of amides is 1. The van der Waals surface area contributed by atoms with Crippen molar-refractivity contribution in [3.8, 4) is 5.75 Å². The average molecular weight is 346 g/mol. The Labute approximate surface area is 148 Å². The summed E-state index contributed by atoms with van der Waals surface area (Å²) in [4.78, 5) is 15.7. The molecule has 1 aromatic heterocycles. The van der Waals surface area contributed by atoms with Crippen LogP contribution in [0, 0.1) is 0 Å². The zero-order valence-corrected chi connectivity index (χ0v) is 15.4. The second-order valence-corrected chi connectivity index (χ2v) is 6.91. The number of carbonyl (C=O) groups is 1. The summed E-state index contributed by atoms with van der Waals surface area (Å²) in [6.07, 6.45) is 2.15. The van der Waals surface area contributed by atoms with Gasteiger partial charge in [0.15, 0.2) is 0 Å². The summed E-state index contributed by atoms with van der Waals surface area (Å²) in [6, 6.07) is 11.7. The molecule has 0 saturated carbocycles. The monoisotopic (exact) mass is 346 g/mol. The number of nitrogens with zero attached hydrogens (tertiary/aromatic N) is 1. The number of nitrogens with one attached hydrogen (secondary N) is 1. The number of thiophene rings is 1. The fraction of sp³-hybridized carbons (Fsp3) is 0.421. The topological polar surface area (TPSA) is 41.6 Å². The van der Waals surface area contributed by atoms with E-state index in [9.17, 15) is 4.79 Å². The summed E-state index contributed by atoms with van der Waals surface area (Å²) in [5.74, 6) is 0.753. The Morgan fingerprint density at radius 3 is 2.58 bits per heavy atom. The van der Waals surface area contributed by atoms with Crippen molar-refractivity contribution in [3.63, 3.8) is 0 Å². The lowest BCUT2D eigenvalue weighted by atomic mass is 10.2. The van der Waals surface area contributed by atoms with E-state index in [1.54, 1.807) is 11.3 Å². The number of carbonyl (C=O) groups excluding carboxylic acids is 1. The van der Waals surface area contributed by atoms with Crippen LogP contribution in [0.15, 0.2) is 41.8 Å². The molecule has 4 nitrogen and oxygen atoms in total. The molecule has 0 fully saturated rings. The molecule has 1 N–H and O–H groups in total. The number of likely N-dealkylation sites (N-methyl/N-ethyl adjacent to an activating group) is 1. The second kappa shape index (κ2) is 9.45. The molecule has 2 aromatic rings. The Morgan fingerprint density at radius 2 is 2.00 bits per heavy atom. The Kier molecular flexibility index (Phi) is 7.28. The number of ether oxygens (including phenoxy) is 1. The van der Waals surface area contributed by atoms with Crippen molar-refractivity contribution in [3.05, 3.63) is 52.2 Å². The minimum Gasteiger partial charge on any atom is -0.494 e. The lowest BCUT2D eigenvalue weighted by Crippen LogP contribution is -2.34. The Morgan fingerprint density at radius 1 is 1.25 bits per heavy atom. The number of benzene rings is 1. The normalized spacial score (nSPS) is 12.2. The minimum absolute atomic E-state index is 0.0569. The predicted octanol–water partition coefficient (Wildman–Crippen LogP) is 3.96. The first-order valence-electron chi connectivity index (χ1n) is 8.32. The van der Waals surface area contributed by atoms with Gasteiger partial charge in [0.25, 0.3) is 5.91 Å². The molecule has 0 saturated heterocycles. The molecule has 1 amide bonds. The number of hydrogen-bond acceptors (Lipinski definition) is 4. The Bertz CT molecular complexity index is 609. The van der Waals surface area contributed by atoms with Crippen molar-refractivity contribution >= 4 is 17.2 Å². The maximum Gasteiger partial charge on any atom is 0.251 e. The van der Waals surface area contributed by atoms with Crippen LogP contribution in [0.2, 0.25) is 0 Å². The van der Waals surface area contributed by atoms with Crippen molar-refractivity contribution in [2.24, 2.45) is 0 Å². The van der Waals surface area contributed by atoms with Crippen molar-refractivity contribution in [2.75, 3.05) is 27.2 Å². The molecular weight excluding hydrogens is 320 g/mol. The molecular formula is C19H26N2O2S. The van der Waals surface area contributed by atoms with Gasteiger partial charge < -0.3 is 15.0 Å². The van der Waals surface area contributed by atoms with Gasteiger partial charge in [-0.15, -0.1) is 11.3 Å². The molecule has 0 aliphatic carbocycles. The average Bonchev–Trinajstić information content (AvgIpc) is 3.09. The molecule has 130 valence electrons. The summed E-state index contributed by atoms with van der Waals surface area (Å²) in [6.45, 7) is 3.43. The smallest absolute Gasteiger partial charge is 0.251 e. The standard InChI is InChI=1S/C19H26N2O2S/c1-4-5-12-23-16-10-8-15(9-11-16)19(22)20-14-17(21(2)3)18-7-6-13-24-18/h6-11,13,17H,4-5,12,14H2,1-3H3,(H,20,22). The molecule has 0 bridgehead atoms. The van der Waals surface area contributed by atoms with E-state index in [1.165, 1.54) is 4.88 Å². The maximum atomic E-state index is 12.3. The first kappa shape index (κ1) is 18.5. The van der Waals surface area contributed by atoms with Crippen molar-refractivity contribution in [2.45, 2.75) is 25.8 Å². The Balaban J connectivity index is 1.89. The molecule has 1 aromatic carbocycles. The SMILES string of the molecule is CCCCOc1ccc(C(=O)NCC(c2cccs2)N(C)C)cc1. The third kappa shape index (κ3) is 5.35. The predicted molar refractivity (Wildman–Crippen MR) is 99.9 cm³/mol. The molecule has 2 rings (SSSR count). The van der Waals surface area contributed by atoms with Gasteiger partial charge in [-0.05, 0) is 56.2 Å². The highest BCUT2D eigenvalue weighted by molar-refractivity contribution is 7.10. The fourth-order valence-corrected chi connectivity index (χ4v) is 3.27. The van der Waals surface area contributed by atoms with Gasteiger partial charge in [-0.3, -0.25) is 4.79 Å². The summed E-state index contributed by atoms with van der Waals surface area (Å²) in [7, 11) is 4.05. The summed E-state index contributed by atoms with van der Waals surface area (Å²) in [5, 5.41) is 5.09. The molecule has 1 heterocycles. The van der Waals surface area contributed by atoms with Gasteiger partial charge in [-0.2, -0.15) is 0 Å². The van der Waals surface area contributed by atoms with E-state index in [0.29, 0.717) is 18.7 Å². The van der Waals surface area contributed by atoms with Crippen LogP contribution in [-0.2, 0) is 0 Å². The summed E-state index contributed by atoms with van der Waals surface area (Å²) >= 11 is 1.71. The molecule has 24 heavy (non-hydrogen) atoms. The third-order valence-corrected chi connectivity index (χ3v) is 4.81. The third-order valence-electron chi connectivity index (χ3n) is 3.83. The molecule has 0 radical (unpaired) electrons. The van der Waals surface area contributed by atoms with Crippen LogP contribution < -0.4 is 10.1 Å². The van der Waals surface area contributed by atoms with Gasteiger partial charge in [-0.25, -0.2) is 0 Å². The minimum atomic E-state index is -0.0569. The zero-order valence-electron chi connectivity index (χ0n) is 14.6. The highest BCUT2D eigenvalue weighted by Gasteiger charge is 2.16. The van der Waals surface area contributed by atoms with E-state index >= 15 is 0 Å². The lowest BCUT2D eigenvalue weighted by molar-refractivity contribution is 0.0942. The largest absolute Gasteiger partial charge is 0.494 e. The van der Waals surface area contributed by atoms with Crippen LogP contribution in [0.25, 0.3) is 0 Å². The van der Waals surface area contributed by atoms with E-state index in [2.05, 4.69) is 28.6 Å². The van der Waals surface area contributed by atoms with E-state index < -0.39 is 0 Å². The van der Waals surface area contributed by atoms with E-state index in [1.807, 2.05) is 44.4 Å². The van der Waals surface area contributed by atoms with Crippen LogP contribution in [0.4, 0.5) is 0 Å². The van der Waals surface area contributed by atoms with Gasteiger partial charge in [0.05, 0.1) is 12.6 Å². The van der Waals surface area contributed by atoms with Crippen molar-refractivity contribution in [1.29, 1.82) is 0 Å². The van der Waals surface area contributed by atoms with Gasteiger partial charge in [0, 0.05) is 17.0 Å². The van der Waals surface area contributed by atoms with Crippen LogP contribution in [0.5, 0.6) is 5.75 Å². The highest BCUT2D eigenvalue weighted by Crippen LogP contribution is 2.22. The first-order valence-corrected chi connectivity index (χ1v) is 9.20. The Hall–Kier alpha value is -1.85. The van der Waals surface area contributed by atoms with E-state index in [-0.39, 0.29) is 11.9 Å². The van der Waals surface area contributed by atoms with Crippen molar-refractivity contribution < 1.29 is 9.53 Å². The molecule has 1 atom stereocenters. The summed E-state index contributed by atoms with van der Waals surface area (Å²) < 4.78 is 5.62. The molecule has 1 unspecified atom stereocenters. The van der Waals surface area contributed by atoms with Gasteiger partial charge in [-0.1, -0.05) is 19.4 Å². The number of hydrogen-bond donors (Lipinski definition) is 1. The van der Waals surface area contributed by atoms with Gasteiger partial charge >= 0.3 is 0 Å². The number of rotatable bonds is 9. The molecule has 0 aliphatic heterocycles. The lowest BCUT2D eigenvalue weighted by Gasteiger charge is -2.23. The number of unbranched alkanes of at least 4 members (excludes halogenated alkanes) is 1. The second-order valence-electron chi connectivity index (χ2n) is 5.93. The fourth-order valence-electron chi connectivity index (χ4n) is 2.35. The van der Waals surface area contributed by atoms with Crippen LogP contribution in [-0.4, -0.2) is 38.1 Å². The molecule has 5 heteroatoms. The van der Waals surface area contributed by atoms with Crippen LogP contribution in [0.3, 0.4) is 0 Å². The van der Waals surface area contributed by atoms with Crippen LogP contribution >= 0.6 is 11.3 Å². The zero-order chi connectivity index (χ0) is 17.4. The van der Waals surface area contributed by atoms with E-state index in [4.69, 9.17) is 4.74 Å². The maximum absolute atomic E-state index is 12.3. The molecule has 0 aliphatic rings. The van der Waals surface area contributed by atoms with Gasteiger partial charge in [0.2, 0.25) is 0 Å². The first-order chi connectivity index (χ1) is 11.6. The molecule has 0 spiro atoms. The van der Waals surface area contributed by atoms with Crippen molar-refractivity contribution in [1.82, 2.24) is 10.2 Å². The van der Waals surface area contributed by atoms with Gasteiger partial charge in [0.1, 0.15) is 5.75 Å². The summed E-state index contributed by atoms with van der Waals surface area (Å²) in [5.41, 5.74) is 0.654.